The molecule has 2 fully saturated rings. The van der Waals surface area contributed by atoms with Gasteiger partial charge in [-0.3, -0.25) is 4.79 Å². The number of hydrogen-bond acceptors (Lipinski definition) is 3. The van der Waals surface area contributed by atoms with Crippen molar-refractivity contribution in [2.75, 3.05) is 13.2 Å². The molecule has 0 amide bonds. The van der Waals surface area contributed by atoms with E-state index in [-0.39, 0.29) is 17.6 Å². The Bertz CT molecular complexity index is 813. The number of ether oxygens (including phenoxy) is 1. The van der Waals surface area contributed by atoms with Crippen molar-refractivity contribution in [1.82, 2.24) is 0 Å². The van der Waals surface area contributed by atoms with Crippen LogP contribution in [-0.4, -0.2) is 38.3 Å². The molecule has 0 aromatic heterocycles. The van der Waals surface area contributed by atoms with E-state index in [1.54, 1.807) is 0 Å². The molecule has 2 aliphatic rings. The second kappa shape index (κ2) is 9.38. The van der Waals surface area contributed by atoms with Crippen molar-refractivity contribution in [2.45, 2.75) is 78.1 Å². The summed E-state index contributed by atoms with van der Waals surface area (Å²) in [5, 5.41) is 11.4. The molecular weight excluding hydrogens is 388 g/mol. The second-order valence-electron chi connectivity index (χ2n) is 10.5. The van der Waals surface area contributed by atoms with Crippen LogP contribution in [0.5, 0.6) is 0 Å². The summed E-state index contributed by atoms with van der Waals surface area (Å²) in [6.07, 6.45) is 2.85. The topological polar surface area (TPSA) is 46.5 Å². The normalized spacial score (nSPS) is 27.8. The Balaban J connectivity index is 1.93. The molecule has 4 heteroatoms. The molecule has 1 aliphatic heterocycles. The zero-order valence-electron chi connectivity index (χ0n) is 19.5. The molecule has 0 radical (unpaired) electrons. The van der Waals surface area contributed by atoms with Crippen LogP contribution in [0.4, 0.5) is 0 Å². The largest absolute Gasteiger partial charge is 0.392 e. The number of benzene rings is 1. The molecule has 3 nitrogen and oxygen atoms in total. The highest BCUT2D eigenvalue weighted by Crippen LogP contribution is 2.46. The van der Waals surface area contributed by atoms with Crippen molar-refractivity contribution < 1.29 is 14.6 Å². The van der Waals surface area contributed by atoms with Crippen molar-refractivity contribution >= 4 is 13.9 Å². The lowest BCUT2D eigenvalue weighted by atomic mass is 9.81. The van der Waals surface area contributed by atoms with Crippen LogP contribution in [0.2, 0.25) is 19.6 Å². The second-order valence-corrected chi connectivity index (χ2v) is 15.3. The van der Waals surface area contributed by atoms with E-state index in [1.807, 2.05) is 0 Å². The number of carbonyl (C=O) groups is 1. The average molecular weight is 427 g/mol. The molecule has 1 aliphatic carbocycles. The molecule has 1 aromatic carbocycles. The lowest BCUT2D eigenvalue weighted by Gasteiger charge is -2.27. The summed E-state index contributed by atoms with van der Waals surface area (Å²) in [6.45, 7) is 14.5. The van der Waals surface area contributed by atoms with Gasteiger partial charge < -0.3 is 9.84 Å². The van der Waals surface area contributed by atoms with Gasteiger partial charge in [-0.25, -0.2) is 0 Å². The van der Waals surface area contributed by atoms with Crippen molar-refractivity contribution in [3.05, 3.63) is 34.4 Å². The maximum atomic E-state index is 13.7. The van der Waals surface area contributed by atoms with Gasteiger partial charge in [0.25, 0.3) is 0 Å². The van der Waals surface area contributed by atoms with Gasteiger partial charge in [0.1, 0.15) is 13.9 Å². The Morgan fingerprint density at radius 3 is 2.27 bits per heavy atom. The zero-order valence-corrected chi connectivity index (χ0v) is 20.5. The molecule has 1 saturated heterocycles. The van der Waals surface area contributed by atoms with E-state index in [9.17, 15) is 9.90 Å². The summed E-state index contributed by atoms with van der Waals surface area (Å²) in [5.74, 6) is 3.50. The van der Waals surface area contributed by atoms with E-state index in [2.05, 4.69) is 64.0 Å². The number of carbonyl (C=O) groups excluding carboxylic acids is 1. The van der Waals surface area contributed by atoms with Crippen LogP contribution in [0, 0.1) is 50.0 Å². The van der Waals surface area contributed by atoms with Crippen LogP contribution >= 0.6 is 0 Å². The smallest absolute Gasteiger partial charge is 0.146 e. The lowest BCUT2D eigenvalue weighted by molar-refractivity contribution is -0.123. The molecule has 164 valence electrons. The fourth-order valence-electron chi connectivity index (χ4n) is 5.42. The van der Waals surface area contributed by atoms with Gasteiger partial charge in [-0.1, -0.05) is 37.3 Å². The Kier molecular flexibility index (Phi) is 7.27. The number of rotatable bonds is 4. The van der Waals surface area contributed by atoms with Crippen LogP contribution in [0.1, 0.15) is 53.9 Å². The minimum Gasteiger partial charge on any atom is -0.392 e. The van der Waals surface area contributed by atoms with E-state index in [4.69, 9.17) is 4.74 Å². The van der Waals surface area contributed by atoms with Crippen LogP contribution in [-0.2, 0) is 9.53 Å². The molecule has 1 N–H and O–H groups in total. The number of aliphatic hydroxyl groups excluding tert-OH is 1. The Labute approximate surface area is 183 Å². The standard InChI is InChI=1S/C26H38O3Si/c1-17-14-18(2)23(19(3)15-17)24-25(27)21(8-7-13-30(4,5)6)22(26(24)28)16-20-9-11-29-12-10-20/h14-15,20-22,24-25,27H,8-12,16H2,1-6H3. The molecule has 0 bridgehead atoms. The molecule has 3 rings (SSSR count). The summed E-state index contributed by atoms with van der Waals surface area (Å²) in [5.41, 5.74) is 7.91. The van der Waals surface area contributed by atoms with Gasteiger partial charge in [-0.15, -0.1) is 11.5 Å². The van der Waals surface area contributed by atoms with Gasteiger partial charge in [-0.2, -0.15) is 0 Å². The Morgan fingerprint density at radius 1 is 1.10 bits per heavy atom. The van der Waals surface area contributed by atoms with Gasteiger partial charge in [0.05, 0.1) is 12.0 Å². The van der Waals surface area contributed by atoms with E-state index in [0.717, 1.165) is 49.2 Å². The van der Waals surface area contributed by atoms with E-state index in [1.165, 1.54) is 5.56 Å². The molecule has 30 heavy (non-hydrogen) atoms. The highest BCUT2D eigenvalue weighted by molar-refractivity contribution is 6.83. The van der Waals surface area contributed by atoms with E-state index in [0.29, 0.717) is 12.3 Å². The summed E-state index contributed by atoms with van der Waals surface area (Å²) < 4.78 is 5.52. The summed E-state index contributed by atoms with van der Waals surface area (Å²) in [7, 11) is -1.48. The van der Waals surface area contributed by atoms with Crippen LogP contribution in [0.3, 0.4) is 0 Å². The first-order valence-corrected chi connectivity index (χ1v) is 15.0. The van der Waals surface area contributed by atoms with Crippen molar-refractivity contribution in [3.8, 4) is 11.5 Å². The Hall–Kier alpha value is -1.41. The number of hydrogen-bond donors (Lipinski definition) is 1. The predicted octanol–water partition coefficient (Wildman–Crippen LogP) is 4.96. The zero-order chi connectivity index (χ0) is 22.1. The quantitative estimate of drug-likeness (QED) is 0.547. The number of aliphatic hydroxyl groups is 1. The SMILES string of the molecule is Cc1cc(C)c(C2C(=O)C(CC3CCOCC3)C(CC#C[Si](C)(C)C)C2O)c(C)c1. The fourth-order valence-corrected chi connectivity index (χ4v) is 6.05. The summed E-state index contributed by atoms with van der Waals surface area (Å²) >= 11 is 0. The van der Waals surface area contributed by atoms with E-state index >= 15 is 0 Å². The average Bonchev–Trinajstić information content (AvgIpc) is 2.86. The molecule has 1 heterocycles. The van der Waals surface area contributed by atoms with Gasteiger partial charge in [-0.05, 0) is 62.6 Å². The minimum absolute atomic E-state index is 0.0747. The first-order chi connectivity index (χ1) is 14.1. The molecule has 1 saturated carbocycles. The van der Waals surface area contributed by atoms with Crippen LogP contribution in [0.15, 0.2) is 12.1 Å². The third-order valence-corrected chi connectivity index (χ3v) is 7.67. The van der Waals surface area contributed by atoms with Gasteiger partial charge >= 0.3 is 0 Å². The fraction of sp³-hybridized carbons (Fsp3) is 0.654. The van der Waals surface area contributed by atoms with Crippen LogP contribution < -0.4 is 0 Å². The van der Waals surface area contributed by atoms with Crippen molar-refractivity contribution in [3.63, 3.8) is 0 Å². The maximum Gasteiger partial charge on any atom is 0.146 e. The van der Waals surface area contributed by atoms with Crippen molar-refractivity contribution in [2.24, 2.45) is 17.8 Å². The third-order valence-electron chi connectivity index (χ3n) is 6.75. The Morgan fingerprint density at radius 2 is 1.70 bits per heavy atom. The first-order valence-electron chi connectivity index (χ1n) is 11.5. The van der Waals surface area contributed by atoms with Crippen molar-refractivity contribution in [1.29, 1.82) is 0 Å². The summed E-state index contributed by atoms with van der Waals surface area (Å²) in [4.78, 5) is 13.7. The number of aryl methyl sites for hydroxylation is 3. The van der Waals surface area contributed by atoms with Gasteiger partial charge in [0, 0.05) is 31.5 Å². The predicted molar refractivity (Wildman–Crippen MR) is 125 cm³/mol. The molecule has 1 aromatic rings. The monoisotopic (exact) mass is 426 g/mol. The highest BCUT2D eigenvalue weighted by atomic mass is 28.3. The van der Waals surface area contributed by atoms with Crippen LogP contribution in [0.25, 0.3) is 0 Å². The van der Waals surface area contributed by atoms with Gasteiger partial charge in [0.15, 0.2) is 0 Å². The lowest BCUT2D eigenvalue weighted by Crippen LogP contribution is -2.26. The van der Waals surface area contributed by atoms with E-state index < -0.39 is 20.1 Å². The number of ketones is 1. The molecular formula is C26H38O3Si. The molecule has 4 unspecified atom stereocenters. The molecule has 4 atom stereocenters. The first kappa shape index (κ1) is 23.3. The minimum atomic E-state index is -1.48. The number of Topliss-reactive ketones (excluding diaryl/α,β-unsaturated/α-hetero) is 1. The molecule has 0 spiro atoms. The van der Waals surface area contributed by atoms with Gasteiger partial charge in [0.2, 0.25) is 0 Å². The summed E-state index contributed by atoms with van der Waals surface area (Å²) in [6, 6.07) is 4.27. The maximum absolute atomic E-state index is 13.7. The third kappa shape index (κ3) is 5.25. The highest BCUT2D eigenvalue weighted by Gasteiger charge is 2.50.